The molecule has 4 rings (SSSR count). The summed E-state index contributed by atoms with van der Waals surface area (Å²) in [5, 5.41) is 7.22. The lowest BCUT2D eigenvalue weighted by Gasteiger charge is -2.30. The predicted molar refractivity (Wildman–Crippen MR) is 126 cm³/mol. The molecule has 0 spiro atoms. The minimum Gasteiger partial charge on any atom is -0.479 e. The Balaban J connectivity index is 1.78. The van der Waals surface area contributed by atoms with Crippen molar-refractivity contribution < 1.29 is 27.0 Å². The van der Waals surface area contributed by atoms with E-state index in [2.05, 4.69) is 34.9 Å². The van der Waals surface area contributed by atoms with E-state index in [0.29, 0.717) is 12.8 Å². The molecule has 0 aliphatic heterocycles. The molecule has 1 N–H and O–H groups in total. The maximum absolute atomic E-state index is 14.4. The molecule has 3 heterocycles. The summed E-state index contributed by atoms with van der Waals surface area (Å²) in [5.41, 5.74) is 0.122. The van der Waals surface area contributed by atoms with E-state index < -0.39 is 33.5 Å². The molecular formula is C20H24ClFN8O5S. The summed E-state index contributed by atoms with van der Waals surface area (Å²) in [6.07, 6.45) is 2.54. The van der Waals surface area contributed by atoms with Crippen molar-refractivity contribution in [2.24, 2.45) is 0 Å². The van der Waals surface area contributed by atoms with E-state index >= 15 is 0 Å². The standard InChI is InChI=1S/C20H24ClFN8O5S/c1-10(15(33-2)16-23-7-11(21)8-24-16)36(31,32)29-20-28-27-17(12-5-6-13(12)22)30(20)14-18(34-3)25-9-26-19(14)35-4/h7-10,12-13,15H,5-6H2,1-4H3,(H,28,29)/t10-,12-,13-,15-/m0/s1. The smallest absolute Gasteiger partial charge is 0.245 e. The minimum atomic E-state index is -4.19. The summed E-state index contributed by atoms with van der Waals surface area (Å²) in [6, 6.07) is 0. The van der Waals surface area contributed by atoms with Gasteiger partial charge < -0.3 is 14.2 Å². The topological polar surface area (TPSA) is 156 Å². The average Bonchev–Trinajstić information content (AvgIpc) is 3.24. The zero-order valence-corrected chi connectivity index (χ0v) is 21.4. The highest BCUT2D eigenvalue weighted by Crippen LogP contribution is 2.42. The van der Waals surface area contributed by atoms with Gasteiger partial charge in [0.2, 0.25) is 27.7 Å². The number of methoxy groups -OCH3 is 3. The summed E-state index contributed by atoms with van der Waals surface area (Å²) in [4.78, 5) is 16.3. The first-order valence-corrected chi connectivity index (χ1v) is 12.7. The van der Waals surface area contributed by atoms with Crippen molar-refractivity contribution in [2.45, 2.75) is 43.2 Å². The van der Waals surface area contributed by atoms with E-state index in [9.17, 15) is 12.8 Å². The van der Waals surface area contributed by atoms with E-state index in [1.54, 1.807) is 0 Å². The van der Waals surface area contributed by atoms with Crippen LogP contribution in [-0.2, 0) is 14.8 Å². The number of rotatable bonds is 10. The van der Waals surface area contributed by atoms with Crippen molar-refractivity contribution in [3.8, 4) is 17.4 Å². The molecule has 0 aromatic carbocycles. The van der Waals surface area contributed by atoms with Gasteiger partial charge in [0.25, 0.3) is 0 Å². The summed E-state index contributed by atoms with van der Waals surface area (Å²) in [7, 11) is -0.111. The molecule has 36 heavy (non-hydrogen) atoms. The molecule has 4 atom stereocenters. The van der Waals surface area contributed by atoms with E-state index in [0.717, 1.165) is 0 Å². The molecule has 16 heteroatoms. The third-order valence-corrected chi connectivity index (χ3v) is 7.76. The van der Waals surface area contributed by atoms with Crippen LogP contribution in [0.15, 0.2) is 18.7 Å². The zero-order valence-electron chi connectivity index (χ0n) is 19.8. The number of hydrogen-bond acceptors (Lipinski definition) is 11. The molecule has 13 nitrogen and oxygen atoms in total. The average molecular weight is 543 g/mol. The van der Waals surface area contributed by atoms with Gasteiger partial charge in [-0.05, 0) is 19.8 Å². The zero-order chi connectivity index (χ0) is 26.0. The van der Waals surface area contributed by atoms with Crippen LogP contribution in [0.3, 0.4) is 0 Å². The lowest BCUT2D eigenvalue weighted by molar-refractivity contribution is 0.0950. The van der Waals surface area contributed by atoms with Gasteiger partial charge in [-0.25, -0.2) is 22.8 Å². The fourth-order valence-corrected chi connectivity index (χ4v) is 5.00. The summed E-state index contributed by atoms with van der Waals surface area (Å²) >= 11 is 5.84. The van der Waals surface area contributed by atoms with E-state index in [4.69, 9.17) is 25.8 Å². The summed E-state index contributed by atoms with van der Waals surface area (Å²) in [5.74, 6) is -0.441. The first kappa shape index (κ1) is 25.9. The van der Waals surface area contributed by atoms with Crippen molar-refractivity contribution >= 4 is 27.6 Å². The van der Waals surface area contributed by atoms with Crippen molar-refractivity contribution in [3.05, 3.63) is 35.4 Å². The normalized spacial score (nSPS) is 19.3. The molecular weight excluding hydrogens is 519 g/mol. The maximum atomic E-state index is 14.4. The monoisotopic (exact) mass is 542 g/mol. The maximum Gasteiger partial charge on any atom is 0.245 e. The largest absolute Gasteiger partial charge is 0.479 e. The van der Waals surface area contributed by atoms with Crippen LogP contribution in [0.4, 0.5) is 10.3 Å². The summed E-state index contributed by atoms with van der Waals surface area (Å²) < 4.78 is 61.1. The van der Waals surface area contributed by atoms with Crippen molar-refractivity contribution in [1.82, 2.24) is 34.7 Å². The van der Waals surface area contributed by atoms with Crippen molar-refractivity contribution in [2.75, 3.05) is 26.1 Å². The number of alkyl halides is 1. The van der Waals surface area contributed by atoms with Crippen LogP contribution >= 0.6 is 11.6 Å². The number of nitrogens with one attached hydrogen (secondary N) is 1. The molecule has 0 saturated heterocycles. The number of halogens is 2. The van der Waals surface area contributed by atoms with Gasteiger partial charge in [0.15, 0.2) is 11.5 Å². The van der Waals surface area contributed by atoms with Gasteiger partial charge in [0.1, 0.15) is 29.7 Å². The Kier molecular flexibility index (Phi) is 7.51. The number of anilines is 1. The molecule has 0 bridgehead atoms. The first-order valence-electron chi connectivity index (χ1n) is 10.8. The van der Waals surface area contributed by atoms with Gasteiger partial charge >= 0.3 is 0 Å². The Morgan fingerprint density at radius 3 is 2.22 bits per heavy atom. The second-order valence-corrected chi connectivity index (χ2v) is 10.4. The number of aromatic nitrogens is 7. The highest BCUT2D eigenvalue weighted by atomic mass is 35.5. The Bertz CT molecular complexity index is 1300. The van der Waals surface area contributed by atoms with Crippen LogP contribution in [0.25, 0.3) is 5.69 Å². The molecule has 0 radical (unpaired) electrons. The quantitative estimate of drug-likeness (QED) is 0.400. The first-order chi connectivity index (χ1) is 17.2. The number of hydrogen-bond donors (Lipinski definition) is 1. The second-order valence-electron chi connectivity index (χ2n) is 7.93. The minimum absolute atomic E-state index is 0.0514. The highest BCUT2D eigenvalue weighted by Gasteiger charge is 2.40. The highest BCUT2D eigenvalue weighted by molar-refractivity contribution is 7.93. The van der Waals surface area contributed by atoms with Gasteiger partial charge in [-0.1, -0.05) is 11.6 Å². The van der Waals surface area contributed by atoms with Crippen LogP contribution in [-0.4, -0.2) is 75.9 Å². The van der Waals surface area contributed by atoms with E-state index in [1.807, 2.05) is 0 Å². The lowest BCUT2D eigenvalue weighted by Crippen LogP contribution is -2.34. The Labute approximate surface area is 211 Å². The fourth-order valence-electron chi connectivity index (χ4n) is 3.77. The van der Waals surface area contributed by atoms with E-state index in [-0.39, 0.29) is 40.1 Å². The van der Waals surface area contributed by atoms with E-state index in [1.165, 1.54) is 51.5 Å². The van der Waals surface area contributed by atoms with Gasteiger partial charge in [0, 0.05) is 19.5 Å². The van der Waals surface area contributed by atoms with Crippen molar-refractivity contribution in [3.63, 3.8) is 0 Å². The van der Waals surface area contributed by atoms with Crippen molar-refractivity contribution in [1.29, 1.82) is 0 Å². The fraction of sp³-hybridized carbons (Fsp3) is 0.500. The van der Waals surface area contributed by atoms with Crippen LogP contribution in [0.2, 0.25) is 5.02 Å². The molecule has 1 aliphatic carbocycles. The van der Waals surface area contributed by atoms with Crippen LogP contribution < -0.4 is 14.2 Å². The van der Waals surface area contributed by atoms with Gasteiger partial charge in [-0.2, -0.15) is 9.97 Å². The Hall–Kier alpha value is -3.17. The molecule has 3 aromatic heterocycles. The second kappa shape index (κ2) is 10.4. The van der Waals surface area contributed by atoms with Gasteiger partial charge in [0.05, 0.1) is 25.2 Å². The number of sulfonamides is 1. The number of ether oxygens (including phenoxy) is 3. The molecule has 0 amide bonds. The molecule has 0 unspecified atom stereocenters. The Morgan fingerprint density at radius 2 is 1.72 bits per heavy atom. The van der Waals surface area contributed by atoms with Crippen LogP contribution in [0, 0.1) is 0 Å². The molecule has 1 saturated carbocycles. The molecule has 1 fully saturated rings. The third-order valence-electron chi connectivity index (χ3n) is 5.87. The summed E-state index contributed by atoms with van der Waals surface area (Å²) in [6.45, 7) is 1.42. The van der Waals surface area contributed by atoms with Gasteiger partial charge in [-0.3, -0.25) is 9.29 Å². The number of nitrogens with zero attached hydrogens (tertiary/aromatic N) is 7. The van der Waals surface area contributed by atoms with Gasteiger partial charge in [-0.15, -0.1) is 10.2 Å². The van der Waals surface area contributed by atoms with Crippen LogP contribution in [0.1, 0.15) is 43.4 Å². The molecule has 1 aliphatic rings. The third kappa shape index (κ3) is 4.77. The molecule has 3 aromatic rings. The predicted octanol–water partition coefficient (Wildman–Crippen LogP) is 2.25. The SMILES string of the molecule is COc1ncnc(OC)c1-n1c(NS(=O)(=O)[C@@H](C)[C@H](OC)c2ncc(Cl)cn2)nnc1[C@H]1CC[C@@H]1F. The molecule has 194 valence electrons. The Morgan fingerprint density at radius 1 is 1.08 bits per heavy atom. The van der Waals surface area contributed by atoms with Crippen LogP contribution in [0.5, 0.6) is 11.8 Å². The lowest BCUT2D eigenvalue weighted by atomic mass is 9.82.